The number of nitrogens with two attached hydrogens (primary N) is 1. The summed E-state index contributed by atoms with van der Waals surface area (Å²) >= 11 is 0. The molecule has 1 heterocycles. The maximum Gasteiger partial charge on any atom is 0.259 e. The lowest BCUT2D eigenvalue weighted by Crippen LogP contribution is -2.15. The Kier molecular flexibility index (Phi) is 5.89. The summed E-state index contributed by atoms with van der Waals surface area (Å²) in [6.07, 6.45) is 2.52. The van der Waals surface area contributed by atoms with Gasteiger partial charge in [-0.1, -0.05) is 49.4 Å². The Morgan fingerprint density at radius 1 is 1.11 bits per heavy atom. The Morgan fingerprint density at radius 2 is 1.79 bits per heavy atom. The zero-order valence-corrected chi connectivity index (χ0v) is 16.1. The number of amides is 2. The molecule has 0 saturated carbocycles. The summed E-state index contributed by atoms with van der Waals surface area (Å²) < 4.78 is 1.73. The summed E-state index contributed by atoms with van der Waals surface area (Å²) in [4.78, 5) is 23.9. The molecular weight excluding hydrogens is 352 g/mol. The number of aromatic nitrogens is 2. The molecule has 0 aliphatic rings. The second-order valence-electron chi connectivity index (χ2n) is 6.94. The van der Waals surface area contributed by atoms with Gasteiger partial charge in [0, 0.05) is 25.6 Å². The number of aryl methyl sites for hydroxylation is 1. The van der Waals surface area contributed by atoms with Gasteiger partial charge in [-0.15, -0.1) is 0 Å². The second-order valence-corrected chi connectivity index (χ2v) is 6.94. The van der Waals surface area contributed by atoms with Crippen LogP contribution in [0.5, 0.6) is 0 Å². The van der Waals surface area contributed by atoms with E-state index in [1.165, 1.54) is 0 Å². The minimum atomic E-state index is -0.326. The average Bonchev–Trinajstić information content (AvgIpc) is 3.03. The minimum absolute atomic E-state index is 0.0399. The van der Waals surface area contributed by atoms with Crippen LogP contribution in [0.15, 0.2) is 60.8 Å². The van der Waals surface area contributed by atoms with Crippen molar-refractivity contribution in [2.24, 2.45) is 12.8 Å². The highest BCUT2D eigenvalue weighted by Crippen LogP contribution is 2.21. The van der Waals surface area contributed by atoms with Gasteiger partial charge in [-0.2, -0.15) is 5.10 Å². The van der Waals surface area contributed by atoms with Gasteiger partial charge in [0.1, 0.15) is 0 Å². The summed E-state index contributed by atoms with van der Waals surface area (Å²) in [5.41, 5.74) is 9.48. The van der Waals surface area contributed by atoms with Crippen LogP contribution in [0.3, 0.4) is 0 Å². The summed E-state index contributed by atoms with van der Waals surface area (Å²) in [5.74, 6) is -0.484. The molecule has 3 N–H and O–H groups in total. The SMILES string of the molecule is CC(CC(N)=O)c1ccc(NC(=O)c2cnn(C)c2Cc2ccccc2)cc1. The van der Waals surface area contributed by atoms with E-state index in [0.29, 0.717) is 24.1 Å². The van der Waals surface area contributed by atoms with Crippen LogP contribution in [0.2, 0.25) is 0 Å². The fraction of sp³-hybridized carbons (Fsp3) is 0.227. The molecule has 2 aromatic carbocycles. The van der Waals surface area contributed by atoms with E-state index in [0.717, 1.165) is 16.8 Å². The van der Waals surface area contributed by atoms with Gasteiger partial charge in [0.25, 0.3) is 5.91 Å². The topological polar surface area (TPSA) is 90.0 Å². The third kappa shape index (κ3) is 4.65. The lowest BCUT2D eigenvalue weighted by atomic mass is 9.97. The number of rotatable bonds is 7. The molecule has 28 heavy (non-hydrogen) atoms. The molecule has 0 aliphatic heterocycles. The van der Waals surface area contributed by atoms with Crippen LogP contribution in [-0.2, 0) is 18.3 Å². The standard InChI is InChI=1S/C22H24N4O2/c1-15(12-21(23)27)17-8-10-18(11-9-17)25-22(28)19-14-24-26(2)20(19)13-16-6-4-3-5-7-16/h3-11,14-15H,12-13H2,1-2H3,(H2,23,27)(H,25,28). The van der Waals surface area contributed by atoms with Gasteiger partial charge in [0.2, 0.25) is 5.91 Å². The van der Waals surface area contributed by atoms with Gasteiger partial charge >= 0.3 is 0 Å². The van der Waals surface area contributed by atoms with Crippen molar-refractivity contribution in [2.75, 3.05) is 5.32 Å². The van der Waals surface area contributed by atoms with E-state index in [9.17, 15) is 9.59 Å². The van der Waals surface area contributed by atoms with Crippen LogP contribution < -0.4 is 11.1 Å². The lowest BCUT2D eigenvalue weighted by Gasteiger charge is -2.11. The first-order valence-corrected chi connectivity index (χ1v) is 9.18. The second kappa shape index (κ2) is 8.52. The van der Waals surface area contributed by atoms with Crippen LogP contribution in [0.4, 0.5) is 5.69 Å². The van der Waals surface area contributed by atoms with Crippen molar-refractivity contribution in [3.63, 3.8) is 0 Å². The number of nitrogens with zero attached hydrogens (tertiary/aromatic N) is 2. The van der Waals surface area contributed by atoms with Crippen molar-refractivity contribution in [1.29, 1.82) is 0 Å². The number of nitrogens with one attached hydrogen (secondary N) is 1. The summed E-state index contributed by atoms with van der Waals surface area (Å²) in [5, 5.41) is 7.17. The Morgan fingerprint density at radius 3 is 2.43 bits per heavy atom. The number of benzene rings is 2. The monoisotopic (exact) mass is 376 g/mol. The van der Waals surface area contributed by atoms with Gasteiger partial charge < -0.3 is 11.1 Å². The molecular formula is C22H24N4O2. The van der Waals surface area contributed by atoms with Crippen LogP contribution >= 0.6 is 0 Å². The van der Waals surface area contributed by atoms with Crippen LogP contribution in [0.25, 0.3) is 0 Å². The Labute approximate surface area is 164 Å². The molecule has 144 valence electrons. The Balaban J connectivity index is 1.72. The lowest BCUT2D eigenvalue weighted by molar-refractivity contribution is -0.118. The fourth-order valence-corrected chi connectivity index (χ4v) is 3.16. The molecule has 0 radical (unpaired) electrons. The number of carbonyl (C=O) groups excluding carboxylic acids is 2. The summed E-state index contributed by atoms with van der Waals surface area (Å²) in [7, 11) is 1.84. The molecule has 0 bridgehead atoms. The molecule has 3 aromatic rings. The van der Waals surface area contributed by atoms with E-state index in [2.05, 4.69) is 10.4 Å². The van der Waals surface area contributed by atoms with Crippen molar-refractivity contribution in [2.45, 2.75) is 25.7 Å². The van der Waals surface area contributed by atoms with E-state index in [1.54, 1.807) is 10.9 Å². The molecule has 0 fully saturated rings. The maximum absolute atomic E-state index is 12.8. The molecule has 3 rings (SSSR count). The molecule has 0 spiro atoms. The average molecular weight is 376 g/mol. The molecule has 0 saturated heterocycles. The summed E-state index contributed by atoms with van der Waals surface area (Å²) in [6.45, 7) is 1.95. The van der Waals surface area contributed by atoms with E-state index >= 15 is 0 Å². The van der Waals surface area contributed by atoms with Gasteiger partial charge in [0.15, 0.2) is 0 Å². The van der Waals surface area contributed by atoms with E-state index in [1.807, 2.05) is 68.6 Å². The zero-order valence-electron chi connectivity index (χ0n) is 16.1. The van der Waals surface area contributed by atoms with Gasteiger partial charge in [0.05, 0.1) is 17.5 Å². The maximum atomic E-state index is 12.8. The van der Waals surface area contributed by atoms with Crippen molar-refractivity contribution in [3.8, 4) is 0 Å². The van der Waals surface area contributed by atoms with Crippen molar-refractivity contribution in [3.05, 3.63) is 83.2 Å². The number of anilines is 1. The third-order valence-electron chi connectivity index (χ3n) is 4.77. The van der Waals surface area contributed by atoms with Crippen LogP contribution in [0.1, 0.15) is 46.4 Å². The molecule has 1 unspecified atom stereocenters. The molecule has 6 heteroatoms. The van der Waals surface area contributed by atoms with Crippen molar-refractivity contribution in [1.82, 2.24) is 9.78 Å². The summed E-state index contributed by atoms with van der Waals surface area (Å²) in [6, 6.07) is 17.4. The number of primary amides is 1. The number of hydrogen-bond acceptors (Lipinski definition) is 3. The van der Waals surface area contributed by atoms with E-state index in [-0.39, 0.29) is 17.7 Å². The Bertz CT molecular complexity index is 962. The van der Waals surface area contributed by atoms with Crippen molar-refractivity contribution >= 4 is 17.5 Å². The van der Waals surface area contributed by atoms with Gasteiger partial charge in [-0.25, -0.2) is 0 Å². The minimum Gasteiger partial charge on any atom is -0.370 e. The highest BCUT2D eigenvalue weighted by molar-refractivity contribution is 6.05. The normalized spacial score (nSPS) is 11.8. The largest absolute Gasteiger partial charge is 0.370 e. The Hall–Kier alpha value is -3.41. The quantitative estimate of drug-likeness (QED) is 0.663. The van der Waals surface area contributed by atoms with E-state index < -0.39 is 0 Å². The van der Waals surface area contributed by atoms with Crippen LogP contribution in [0, 0.1) is 0 Å². The van der Waals surface area contributed by atoms with Crippen molar-refractivity contribution < 1.29 is 9.59 Å². The smallest absolute Gasteiger partial charge is 0.259 e. The number of hydrogen-bond donors (Lipinski definition) is 2. The number of carbonyl (C=O) groups is 2. The highest BCUT2D eigenvalue weighted by atomic mass is 16.2. The molecule has 2 amide bonds. The molecule has 1 atom stereocenters. The highest BCUT2D eigenvalue weighted by Gasteiger charge is 2.17. The predicted molar refractivity (Wildman–Crippen MR) is 109 cm³/mol. The first-order valence-electron chi connectivity index (χ1n) is 9.18. The van der Waals surface area contributed by atoms with Crippen LogP contribution in [-0.4, -0.2) is 21.6 Å². The first kappa shape index (κ1) is 19.4. The van der Waals surface area contributed by atoms with E-state index in [4.69, 9.17) is 5.73 Å². The molecule has 0 aliphatic carbocycles. The zero-order chi connectivity index (χ0) is 20.1. The first-order chi connectivity index (χ1) is 13.4. The van der Waals surface area contributed by atoms with Gasteiger partial charge in [-0.3, -0.25) is 14.3 Å². The fourth-order valence-electron chi connectivity index (χ4n) is 3.16. The molecule has 6 nitrogen and oxygen atoms in total. The third-order valence-corrected chi connectivity index (χ3v) is 4.77. The predicted octanol–water partition coefficient (Wildman–Crippen LogP) is 3.24. The van der Waals surface area contributed by atoms with Gasteiger partial charge in [-0.05, 0) is 29.2 Å². The molecule has 1 aromatic heterocycles.